The van der Waals surface area contributed by atoms with E-state index in [1.807, 2.05) is 0 Å². The lowest BCUT2D eigenvalue weighted by atomic mass is 10.1. The Labute approximate surface area is 144 Å². The van der Waals surface area contributed by atoms with Crippen LogP contribution < -0.4 is 5.32 Å². The molecule has 0 bridgehead atoms. The van der Waals surface area contributed by atoms with Crippen molar-refractivity contribution in [2.75, 3.05) is 19.5 Å². The Bertz CT molecular complexity index is 675. The number of benzene rings is 1. The average Bonchev–Trinajstić information content (AvgIpc) is 3.44. The molecular weight excluding hydrogens is 330 g/mol. The lowest BCUT2D eigenvalue weighted by Gasteiger charge is -2.14. The van der Waals surface area contributed by atoms with Gasteiger partial charge in [-0.25, -0.2) is 9.59 Å². The molecule has 134 valence electrons. The van der Waals surface area contributed by atoms with Crippen LogP contribution in [0.3, 0.4) is 0 Å². The molecule has 8 nitrogen and oxygen atoms in total. The molecule has 1 fully saturated rings. The number of esters is 3. The summed E-state index contributed by atoms with van der Waals surface area (Å²) in [5.41, 5.74) is 0.328. The molecule has 1 N–H and O–H groups in total. The van der Waals surface area contributed by atoms with Gasteiger partial charge >= 0.3 is 17.9 Å². The van der Waals surface area contributed by atoms with Gasteiger partial charge in [0.15, 0.2) is 6.10 Å². The maximum Gasteiger partial charge on any atom is 0.337 e. The van der Waals surface area contributed by atoms with Crippen molar-refractivity contribution < 1.29 is 33.4 Å². The molecule has 1 aromatic carbocycles. The van der Waals surface area contributed by atoms with Crippen molar-refractivity contribution in [2.24, 2.45) is 5.92 Å². The maximum absolute atomic E-state index is 12.2. The van der Waals surface area contributed by atoms with E-state index in [0.29, 0.717) is 0 Å². The Kier molecular flexibility index (Phi) is 5.74. The number of rotatable bonds is 6. The summed E-state index contributed by atoms with van der Waals surface area (Å²) in [5.74, 6) is -2.44. The van der Waals surface area contributed by atoms with Crippen LogP contribution in [0.25, 0.3) is 0 Å². The number of ether oxygens (including phenoxy) is 3. The predicted octanol–water partition coefficient (Wildman–Crippen LogP) is 1.54. The van der Waals surface area contributed by atoms with E-state index in [0.717, 1.165) is 12.8 Å². The molecule has 0 aliphatic heterocycles. The third-order valence-corrected chi connectivity index (χ3v) is 3.62. The molecule has 8 heteroatoms. The zero-order valence-electron chi connectivity index (χ0n) is 14.2. The highest BCUT2D eigenvalue weighted by Crippen LogP contribution is 2.30. The summed E-state index contributed by atoms with van der Waals surface area (Å²) in [5, 5.41) is 2.51. The first-order chi connectivity index (χ1) is 11.8. The second-order valence-electron chi connectivity index (χ2n) is 5.62. The fourth-order valence-corrected chi connectivity index (χ4v) is 2.06. The van der Waals surface area contributed by atoms with E-state index in [2.05, 4.69) is 14.8 Å². The summed E-state index contributed by atoms with van der Waals surface area (Å²) < 4.78 is 14.3. The van der Waals surface area contributed by atoms with E-state index in [-0.39, 0.29) is 22.7 Å². The molecule has 0 spiro atoms. The van der Waals surface area contributed by atoms with Gasteiger partial charge < -0.3 is 19.5 Å². The Morgan fingerprint density at radius 3 is 1.96 bits per heavy atom. The summed E-state index contributed by atoms with van der Waals surface area (Å²) in [6.07, 6.45) is 0.546. The van der Waals surface area contributed by atoms with E-state index in [1.165, 1.54) is 39.3 Å². The second-order valence-corrected chi connectivity index (χ2v) is 5.62. The number of methoxy groups -OCH3 is 2. The van der Waals surface area contributed by atoms with Gasteiger partial charge in [-0.1, -0.05) is 0 Å². The molecular formula is C17H19NO7. The summed E-state index contributed by atoms with van der Waals surface area (Å²) in [7, 11) is 2.40. The Balaban J connectivity index is 2.15. The number of hydrogen-bond acceptors (Lipinski definition) is 7. The zero-order valence-corrected chi connectivity index (χ0v) is 14.2. The summed E-state index contributed by atoms with van der Waals surface area (Å²) in [6, 6.07) is 4.00. The topological polar surface area (TPSA) is 108 Å². The third-order valence-electron chi connectivity index (χ3n) is 3.62. The molecule has 1 aliphatic carbocycles. The van der Waals surface area contributed by atoms with Crippen LogP contribution in [-0.2, 0) is 23.8 Å². The number of carbonyl (C=O) groups is 4. The lowest BCUT2D eigenvalue weighted by Crippen LogP contribution is -2.30. The minimum atomic E-state index is -1.00. The second kappa shape index (κ2) is 7.78. The van der Waals surface area contributed by atoms with E-state index < -0.39 is 29.9 Å². The van der Waals surface area contributed by atoms with Gasteiger partial charge in [0, 0.05) is 5.69 Å². The van der Waals surface area contributed by atoms with Crippen molar-refractivity contribution in [1.82, 2.24) is 0 Å². The summed E-state index contributed by atoms with van der Waals surface area (Å²) in [4.78, 5) is 47.2. The summed E-state index contributed by atoms with van der Waals surface area (Å²) in [6.45, 7) is 1.45. The van der Waals surface area contributed by atoms with Crippen molar-refractivity contribution in [3.63, 3.8) is 0 Å². The molecule has 0 radical (unpaired) electrons. The third kappa shape index (κ3) is 4.79. The van der Waals surface area contributed by atoms with Crippen LogP contribution in [0, 0.1) is 5.92 Å². The molecule has 2 rings (SSSR count). The lowest BCUT2D eigenvalue weighted by molar-refractivity contribution is -0.154. The Hall–Kier alpha value is -2.90. The Morgan fingerprint density at radius 1 is 1.00 bits per heavy atom. The standard InChI is InChI=1S/C17H19NO7/c1-9(25-17(22)10-4-5-10)14(19)18-13-7-11(15(20)23-2)6-12(8-13)16(21)24-3/h6-10H,4-5H2,1-3H3,(H,18,19). The highest BCUT2D eigenvalue weighted by Gasteiger charge is 2.33. The SMILES string of the molecule is COC(=O)c1cc(NC(=O)C(C)OC(=O)C2CC2)cc(C(=O)OC)c1. The number of anilines is 1. The van der Waals surface area contributed by atoms with Crippen molar-refractivity contribution in [2.45, 2.75) is 25.9 Å². The quantitative estimate of drug-likeness (QED) is 0.613. The number of nitrogens with one attached hydrogen (secondary N) is 1. The van der Waals surface area contributed by atoms with Crippen LogP contribution in [0.2, 0.25) is 0 Å². The first-order valence-corrected chi connectivity index (χ1v) is 7.68. The normalized spacial score (nSPS) is 14.2. The van der Waals surface area contributed by atoms with Crippen LogP contribution in [0.1, 0.15) is 40.5 Å². The van der Waals surface area contributed by atoms with E-state index in [9.17, 15) is 19.2 Å². The van der Waals surface area contributed by atoms with Crippen molar-refractivity contribution in [1.29, 1.82) is 0 Å². The van der Waals surface area contributed by atoms with Crippen LogP contribution in [-0.4, -0.2) is 44.1 Å². The molecule has 1 aromatic rings. The smallest absolute Gasteiger partial charge is 0.337 e. The van der Waals surface area contributed by atoms with Gasteiger partial charge in [-0.05, 0) is 38.0 Å². The van der Waals surface area contributed by atoms with E-state index >= 15 is 0 Å². The van der Waals surface area contributed by atoms with E-state index in [1.54, 1.807) is 0 Å². The molecule has 1 unspecified atom stereocenters. The van der Waals surface area contributed by atoms with Crippen molar-refractivity contribution in [3.05, 3.63) is 29.3 Å². The van der Waals surface area contributed by atoms with E-state index in [4.69, 9.17) is 4.74 Å². The van der Waals surface area contributed by atoms with Crippen LogP contribution in [0.5, 0.6) is 0 Å². The van der Waals surface area contributed by atoms with Gasteiger partial charge in [-0.3, -0.25) is 9.59 Å². The van der Waals surface area contributed by atoms with Crippen molar-refractivity contribution in [3.8, 4) is 0 Å². The van der Waals surface area contributed by atoms with Gasteiger partial charge in [-0.15, -0.1) is 0 Å². The fraction of sp³-hybridized carbons (Fsp3) is 0.412. The molecule has 25 heavy (non-hydrogen) atoms. The van der Waals surface area contributed by atoms with Gasteiger partial charge in [0.2, 0.25) is 0 Å². The van der Waals surface area contributed by atoms with Gasteiger partial charge in [0.25, 0.3) is 5.91 Å². The molecule has 1 atom stereocenters. The molecule has 1 saturated carbocycles. The molecule has 1 amide bonds. The maximum atomic E-state index is 12.2. The van der Waals surface area contributed by atoms with Crippen molar-refractivity contribution >= 4 is 29.5 Å². The Morgan fingerprint density at radius 2 is 1.52 bits per heavy atom. The highest BCUT2D eigenvalue weighted by molar-refractivity contribution is 6.00. The fourth-order valence-electron chi connectivity index (χ4n) is 2.06. The van der Waals surface area contributed by atoms with Gasteiger partial charge in [0.05, 0.1) is 31.3 Å². The zero-order chi connectivity index (χ0) is 18.6. The van der Waals surface area contributed by atoms with Gasteiger partial charge in [0.1, 0.15) is 0 Å². The number of hydrogen-bond donors (Lipinski definition) is 1. The number of amides is 1. The van der Waals surface area contributed by atoms with Crippen LogP contribution in [0.4, 0.5) is 5.69 Å². The van der Waals surface area contributed by atoms with Crippen LogP contribution in [0.15, 0.2) is 18.2 Å². The monoisotopic (exact) mass is 349 g/mol. The predicted molar refractivity (Wildman–Crippen MR) is 86.0 cm³/mol. The minimum Gasteiger partial charge on any atom is -0.465 e. The first kappa shape index (κ1) is 18.4. The average molecular weight is 349 g/mol. The summed E-state index contributed by atoms with van der Waals surface area (Å²) >= 11 is 0. The van der Waals surface area contributed by atoms with Gasteiger partial charge in [-0.2, -0.15) is 0 Å². The molecule has 0 aromatic heterocycles. The highest BCUT2D eigenvalue weighted by atomic mass is 16.5. The molecule has 1 aliphatic rings. The number of carbonyl (C=O) groups excluding carboxylic acids is 4. The molecule has 0 heterocycles. The minimum absolute atomic E-state index is 0.0725. The van der Waals surface area contributed by atoms with Crippen LogP contribution >= 0.6 is 0 Å². The largest absolute Gasteiger partial charge is 0.465 e. The first-order valence-electron chi connectivity index (χ1n) is 7.68. The molecule has 0 saturated heterocycles.